The van der Waals surface area contributed by atoms with Crippen LogP contribution in [0.25, 0.3) is 0 Å². The van der Waals surface area contributed by atoms with Crippen LogP contribution in [0.1, 0.15) is 53.4 Å². The maximum Gasteiger partial charge on any atom is 0.341 e. The van der Waals surface area contributed by atoms with Gasteiger partial charge in [0.15, 0.2) is 0 Å². The molecular weight excluding hydrogens is 286 g/mol. The third-order valence-corrected chi connectivity index (χ3v) is 4.69. The summed E-state index contributed by atoms with van der Waals surface area (Å²) in [7, 11) is 0. The first-order valence-corrected chi connectivity index (χ1v) is 8.21. The van der Waals surface area contributed by atoms with Crippen molar-refractivity contribution in [2.45, 2.75) is 45.4 Å². The fourth-order valence-corrected chi connectivity index (χ4v) is 3.79. The minimum absolute atomic E-state index is 0.0842. The number of nitrogens with one attached hydrogen (secondary N) is 1. The number of carbonyl (C=O) groups excluding carboxylic acids is 2. The molecule has 114 valence electrons. The third-order valence-electron chi connectivity index (χ3n) is 3.48. The number of esters is 1. The fraction of sp³-hybridized carbons (Fsp3) is 0.500. The Morgan fingerprint density at radius 1 is 1.38 bits per heavy atom. The molecule has 0 spiro atoms. The molecule has 0 saturated carbocycles. The van der Waals surface area contributed by atoms with E-state index in [9.17, 15) is 9.59 Å². The number of thiophene rings is 1. The molecule has 4 nitrogen and oxygen atoms in total. The number of ether oxygens (including phenoxy) is 1. The van der Waals surface area contributed by atoms with Crippen molar-refractivity contribution in [1.82, 2.24) is 0 Å². The molecule has 0 unspecified atom stereocenters. The quantitative estimate of drug-likeness (QED) is 0.644. The smallest absolute Gasteiger partial charge is 0.341 e. The van der Waals surface area contributed by atoms with Crippen molar-refractivity contribution in [1.29, 1.82) is 0 Å². The summed E-state index contributed by atoms with van der Waals surface area (Å²) in [4.78, 5) is 25.3. The Kier molecular flexibility index (Phi) is 5.56. The van der Waals surface area contributed by atoms with Gasteiger partial charge in [-0.05, 0) is 44.6 Å². The molecule has 5 heteroatoms. The topological polar surface area (TPSA) is 55.4 Å². The van der Waals surface area contributed by atoms with Crippen molar-refractivity contribution in [3.63, 3.8) is 0 Å². The van der Waals surface area contributed by atoms with E-state index in [1.165, 1.54) is 16.2 Å². The molecule has 0 atom stereocenters. The molecule has 0 aliphatic heterocycles. The first kappa shape index (κ1) is 15.8. The van der Waals surface area contributed by atoms with E-state index in [0.29, 0.717) is 30.0 Å². The minimum Gasteiger partial charge on any atom is -0.462 e. The van der Waals surface area contributed by atoms with Gasteiger partial charge in [0, 0.05) is 11.3 Å². The van der Waals surface area contributed by atoms with Crippen molar-refractivity contribution >= 4 is 28.2 Å². The molecule has 0 saturated heterocycles. The van der Waals surface area contributed by atoms with Crippen LogP contribution in [-0.2, 0) is 22.4 Å². The van der Waals surface area contributed by atoms with Crippen LogP contribution in [0.15, 0.2) is 12.7 Å². The zero-order chi connectivity index (χ0) is 15.2. The summed E-state index contributed by atoms with van der Waals surface area (Å²) in [5, 5.41) is 3.52. The van der Waals surface area contributed by atoms with E-state index in [2.05, 4.69) is 11.9 Å². The number of amides is 1. The number of fused-ring (bicyclic) bond motifs is 1. The van der Waals surface area contributed by atoms with E-state index in [1.54, 1.807) is 13.0 Å². The number of carbonyl (C=O) groups is 2. The van der Waals surface area contributed by atoms with E-state index in [-0.39, 0.29) is 11.9 Å². The minimum atomic E-state index is -0.323. The Balaban J connectivity index is 2.26. The summed E-state index contributed by atoms with van der Waals surface area (Å²) in [6.45, 7) is 5.74. The molecular formula is C16H21NO3S. The predicted octanol–water partition coefficient (Wildman–Crippen LogP) is 3.71. The zero-order valence-corrected chi connectivity index (χ0v) is 13.2. The highest BCUT2D eigenvalue weighted by molar-refractivity contribution is 7.17. The monoisotopic (exact) mass is 307 g/mol. The van der Waals surface area contributed by atoms with Crippen LogP contribution in [0, 0.1) is 0 Å². The van der Waals surface area contributed by atoms with Crippen molar-refractivity contribution in [3.8, 4) is 0 Å². The van der Waals surface area contributed by atoms with Crippen LogP contribution in [0.2, 0.25) is 0 Å². The van der Waals surface area contributed by atoms with Crippen LogP contribution in [-0.4, -0.2) is 18.5 Å². The van der Waals surface area contributed by atoms with E-state index in [0.717, 1.165) is 31.2 Å². The van der Waals surface area contributed by atoms with Crippen molar-refractivity contribution in [2.75, 3.05) is 11.9 Å². The van der Waals surface area contributed by atoms with Crippen molar-refractivity contribution in [3.05, 3.63) is 28.7 Å². The number of hydrogen-bond acceptors (Lipinski definition) is 4. The number of rotatable bonds is 6. The van der Waals surface area contributed by atoms with Gasteiger partial charge in [-0.2, -0.15) is 0 Å². The van der Waals surface area contributed by atoms with E-state index < -0.39 is 0 Å². The van der Waals surface area contributed by atoms with Gasteiger partial charge in [-0.15, -0.1) is 17.9 Å². The molecule has 1 N–H and O–H groups in total. The van der Waals surface area contributed by atoms with Crippen molar-refractivity contribution in [2.24, 2.45) is 0 Å². The van der Waals surface area contributed by atoms with Crippen LogP contribution in [0.5, 0.6) is 0 Å². The second-order valence-electron chi connectivity index (χ2n) is 5.01. The van der Waals surface area contributed by atoms with Gasteiger partial charge in [0.05, 0.1) is 12.2 Å². The number of allylic oxidation sites excluding steroid dienone is 1. The van der Waals surface area contributed by atoms with Gasteiger partial charge in [0.1, 0.15) is 5.00 Å². The van der Waals surface area contributed by atoms with Gasteiger partial charge in [-0.1, -0.05) is 6.08 Å². The summed E-state index contributed by atoms with van der Waals surface area (Å²) in [5.74, 6) is -0.407. The van der Waals surface area contributed by atoms with Gasteiger partial charge in [0.2, 0.25) is 5.91 Å². The number of hydrogen-bond donors (Lipinski definition) is 1. The molecule has 0 aromatic carbocycles. The lowest BCUT2D eigenvalue weighted by molar-refractivity contribution is -0.116. The molecule has 1 aliphatic rings. The van der Waals surface area contributed by atoms with Gasteiger partial charge in [-0.3, -0.25) is 4.79 Å². The molecule has 21 heavy (non-hydrogen) atoms. The second-order valence-corrected chi connectivity index (χ2v) is 6.12. The Morgan fingerprint density at radius 3 is 2.86 bits per heavy atom. The van der Waals surface area contributed by atoms with E-state index in [4.69, 9.17) is 4.74 Å². The highest BCUT2D eigenvalue weighted by Gasteiger charge is 2.26. The van der Waals surface area contributed by atoms with Gasteiger partial charge in [-0.25, -0.2) is 4.79 Å². The molecule has 1 aromatic rings. The molecule has 0 radical (unpaired) electrons. The second kappa shape index (κ2) is 7.41. The number of anilines is 1. The summed E-state index contributed by atoms with van der Waals surface area (Å²) >= 11 is 1.52. The Labute approximate surface area is 129 Å². The zero-order valence-electron chi connectivity index (χ0n) is 12.4. The van der Waals surface area contributed by atoms with Crippen LogP contribution >= 0.6 is 11.3 Å². The Hall–Kier alpha value is -1.62. The number of aryl methyl sites for hydroxylation is 1. The van der Waals surface area contributed by atoms with Crippen LogP contribution < -0.4 is 5.32 Å². The Bertz CT molecular complexity index is 548. The Morgan fingerprint density at radius 2 is 2.14 bits per heavy atom. The van der Waals surface area contributed by atoms with Gasteiger partial charge >= 0.3 is 5.97 Å². The van der Waals surface area contributed by atoms with E-state index >= 15 is 0 Å². The largest absolute Gasteiger partial charge is 0.462 e. The lowest BCUT2D eigenvalue weighted by Gasteiger charge is -2.12. The fourth-order valence-electron chi connectivity index (χ4n) is 2.50. The first-order valence-electron chi connectivity index (χ1n) is 7.39. The molecule has 2 rings (SSSR count). The molecule has 1 amide bonds. The normalized spacial score (nSPS) is 13.4. The predicted molar refractivity (Wildman–Crippen MR) is 85.0 cm³/mol. The van der Waals surface area contributed by atoms with Crippen LogP contribution in [0.4, 0.5) is 5.00 Å². The van der Waals surface area contributed by atoms with Crippen LogP contribution in [0.3, 0.4) is 0 Å². The summed E-state index contributed by atoms with van der Waals surface area (Å²) < 4.78 is 5.16. The third kappa shape index (κ3) is 3.73. The summed E-state index contributed by atoms with van der Waals surface area (Å²) in [6, 6.07) is 0. The summed E-state index contributed by atoms with van der Waals surface area (Å²) in [6.07, 6.45) is 6.82. The molecule has 1 heterocycles. The molecule has 0 fully saturated rings. The average molecular weight is 307 g/mol. The maximum atomic E-state index is 12.2. The average Bonchev–Trinajstić information content (AvgIpc) is 2.83. The van der Waals surface area contributed by atoms with Gasteiger partial charge < -0.3 is 10.1 Å². The standard InChI is InChI=1S/C16H21NO3S/c1-3-5-10-13(18)17-15-14(16(19)20-4-2)11-8-6-7-9-12(11)21-15/h3H,1,4-10H2,2H3,(H,17,18). The van der Waals surface area contributed by atoms with E-state index in [1.807, 2.05) is 0 Å². The lowest BCUT2D eigenvalue weighted by atomic mass is 9.95. The maximum absolute atomic E-state index is 12.2. The molecule has 1 aliphatic carbocycles. The lowest BCUT2D eigenvalue weighted by Crippen LogP contribution is -2.15. The SMILES string of the molecule is C=CCCC(=O)Nc1sc2c(c1C(=O)OCC)CCCC2. The highest BCUT2D eigenvalue weighted by atomic mass is 32.1. The van der Waals surface area contributed by atoms with Crippen molar-refractivity contribution < 1.29 is 14.3 Å². The molecule has 0 bridgehead atoms. The highest BCUT2D eigenvalue weighted by Crippen LogP contribution is 2.38. The first-order chi connectivity index (χ1) is 10.2. The molecule has 1 aromatic heterocycles. The summed E-state index contributed by atoms with van der Waals surface area (Å²) in [5.41, 5.74) is 1.65. The van der Waals surface area contributed by atoms with Gasteiger partial charge in [0.25, 0.3) is 0 Å².